The van der Waals surface area contributed by atoms with Gasteiger partial charge in [-0.25, -0.2) is 14.8 Å². The number of phenolic OH excluding ortho intramolecular Hbond substituents is 1. The van der Waals surface area contributed by atoms with Crippen LogP contribution in [0.4, 0.5) is 16.3 Å². The molecule has 0 saturated carbocycles. The average Bonchev–Trinajstić information content (AvgIpc) is 3.10. The number of amides is 2. The number of aryl methyl sites for hydroxylation is 1. The monoisotopic (exact) mass is 515 g/mol. The first kappa shape index (κ1) is 24.0. The van der Waals surface area contributed by atoms with E-state index in [0.29, 0.717) is 67.8 Å². The van der Waals surface area contributed by atoms with Crippen molar-refractivity contribution in [2.75, 3.05) is 43.1 Å². The lowest BCUT2D eigenvalue weighted by atomic mass is 10.0. The molecule has 2 amide bonds. The first-order valence-corrected chi connectivity index (χ1v) is 12.9. The lowest BCUT2D eigenvalue weighted by molar-refractivity contribution is 0.103. The molecule has 3 aromatic rings. The molecule has 0 spiro atoms. The Morgan fingerprint density at radius 1 is 1.05 bits per heavy atom. The van der Waals surface area contributed by atoms with Gasteiger partial charge in [0.1, 0.15) is 36.8 Å². The largest absolute Gasteiger partial charge is 0.508 e. The van der Waals surface area contributed by atoms with Crippen LogP contribution in [0.15, 0.2) is 42.7 Å². The van der Waals surface area contributed by atoms with Crippen molar-refractivity contribution in [2.24, 2.45) is 0 Å². The Kier molecular flexibility index (Phi) is 6.22. The maximum absolute atomic E-state index is 13.3. The number of aromatic nitrogens is 2. The van der Waals surface area contributed by atoms with Gasteiger partial charge in [0.15, 0.2) is 11.5 Å². The predicted molar refractivity (Wildman–Crippen MR) is 140 cm³/mol. The predicted octanol–water partition coefficient (Wildman–Crippen LogP) is 3.55. The van der Waals surface area contributed by atoms with Crippen LogP contribution >= 0.6 is 0 Å². The topological polar surface area (TPSA) is 117 Å². The number of nitrogens with zero attached hydrogens (tertiary/aromatic N) is 4. The van der Waals surface area contributed by atoms with E-state index >= 15 is 0 Å². The molecule has 2 aromatic carbocycles. The lowest BCUT2D eigenvalue weighted by Gasteiger charge is -2.38. The molecule has 0 atom stereocenters. The standard InChI is InChI=1S/C28H29N5O5/c1-17-12-19(14-24-27(17)38-11-10-37-24)26(35)23-15-25(30-16-29-23)32-7-5-20(6-8-32)33-9-4-18-13-21(34)2-3-22(18)31-28(33)36/h2-3,12-16,20,34H,4-11H2,1H3,(H,31,36). The molecule has 3 aliphatic heterocycles. The van der Waals surface area contributed by atoms with Crippen molar-refractivity contribution in [1.82, 2.24) is 14.9 Å². The first-order chi connectivity index (χ1) is 18.5. The van der Waals surface area contributed by atoms with Gasteiger partial charge >= 0.3 is 6.03 Å². The van der Waals surface area contributed by atoms with E-state index in [2.05, 4.69) is 20.2 Å². The summed E-state index contributed by atoms with van der Waals surface area (Å²) in [4.78, 5) is 38.9. The molecule has 6 rings (SSSR count). The second-order valence-electron chi connectivity index (χ2n) is 9.84. The SMILES string of the molecule is Cc1cc(C(=O)c2cc(N3CCC(N4CCc5cc(O)ccc5NC4=O)CC3)ncn2)cc2c1OCCO2. The number of carbonyl (C=O) groups excluding carboxylic acids is 2. The molecule has 0 aliphatic carbocycles. The van der Waals surface area contributed by atoms with Crippen molar-refractivity contribution in [3.05, 3.63) is 65.1 Å². The van der Waals surface area contributed by atoms with Gasteiger partial charge in [-0.2, -0.15) is 0 Å². The zero-order valence-electron chi connectivity index (χ0n) is 21.1. The number of benzene rings is 2. The fourth-order valence-electron chi connectivity index (χ4n) is 5.45. The zero-order chi connectivity index (χ0) is 26.2. The van der Waals surface area contributed by atoms with Crippen molar-refractivity contribution in [3.8, 4) is 17.2 Å². The molecule has 10 nitrogen and oxygen atoms in total. The van der Waals surface area contributed by atoms with Gasteiger partial charge in [-0.05, 0) is 67.6 Å². The number of fused-ring (bicyclic) bond motifs is 2. The van der Waals surface area contributed by atoms with Gasteiger partial charge in [-0.15, -0.1) is 0 Å². The van der Waals surface area contributed by atoms with Crippen LogP contribution in [0.5, 0.6) is 17.2 Å². The summed E-state index contributed by atoms with van der Waals surface area (Å²) in [6, 6.07) is 10.3. The molecule has 1 fully saturated rings. The molecule has 10 heteroatoms. The number of rotatable bonds is 4. The van der Waals surface area contributed by atoms with E-state index in [4.69, 9.17) is 9.47 Å². The number of phenols is 1. The molecule has 1 aromatic heterocycles. The molecule has 0 radical (unpaired) electrons. The summed E-state index contributed by atoms with van der Waals surface area (Å²) < 4.78 is 11.4. The van der Waals surface area contributed by atoms with Gasteiger partial charge < -0.3 is 29.7 Å². The van der Waals surface area contributed by atoms with Crippen LogP contribution in [0, 0.1) is 6.92 Å². The van der Waals surface area contributed by atoms with Crippen molar-refractivity contribution >= 4 is 23.3 Å². The Bertz CT molecular complexity index is 1400. The summed E-state index contributed by atoms with van der Waals surface area (Å²) >= 11 is 0. The number of hydrogen-bond donors (Lipinski definition) is 2. The van der Waals surface area contributed by atoms with E-state index in [0.717, 1.165) is 29.7 Å². The third-order valence-electron chi connectivity index (χ3n) is 7.42. The van der Waals surface area contributed by atoms with Gasteiger partial charge in [0.2, 0.25) is 5.78 Å². The third kappa shape index (κ3) is 4.57. The third-order valence-corrected chi connectivity index (χ3v) is 7.42. The number of nitrogens with one attached hydrogen (secondary N) is 1. The normalized spacial score (nSPS) is 17.4. The molecule has 38 heavy (non-hydrogen) atoms. The smallest absolute Gasteiger partial charge is 0.322 e. The van der Waals surface area contributed by atoms with E-state index in [-0.39, 0.29) is 23.6 Å². The van der Waals surface area contributed by atoms with Crippen molar-refractivity contribution < 1.29 is 24.2 Å². The minimum atomic E-state index is -0.199. The first-order valence-electron chi connectivity index (χ1n) is 12.9. The molecule has 196 valence electrons. The summed E-state index contributed by atoms with van der Waals surface area (Å²) in [5, 5.41) is 12.8. The van der Waals surface area contributed by atoms with Crippen LogP contribution in [-0.4, -0.2) is 70.7 Å². The number of hydrogen-bond acceptors (Lipinski definition) is 8. The second kappa shape index (κ2) is 9.85. The summed E-state index contributed by atoms with van der Waals surface area (Å²) in [6.45, 7) is 4.84. The second-order valence-corrected chi connectivity index (χ2v) is 9.84. The fraction of sp³-hybridized carbons (Fsp3) is 0.357. The van der Waals surface area contributed by atoms with Gasteiger partial charge in [0.25, 0.3) is 0 Å². The summed E-state index contributed by atoms with van der Waals surface area (Å²) in [5.41, 5.74) is 3.35. The molecule has 2 N–H and O–H groups in total. The van der Waals surface area contributed by atoms with Crippen LogP contribution in [0.1, 0.15) is 40.0 Å². The van der Waals surface area contributed by atoms with Crippen LogP contribution in [0.2, 0.25) is 0 Å². The number of carbonyl (C=O) groups is 2. The van der Waals surface area contributed by atoms with Gasteiger partial charge in [-0.1, -0.05) is 0 Å². The number of ketones is 1. The van der Waals surface area contributed by atoms with Gasteiger partial charge in [0.05, 0.1) is 0 Å². The number of ether oxygens (including phenoxy) is 2. The Balaban J connectivity index is 1.13. The lowest BCUT2D eigenvalue weighted by Crippen LogP contribution is -2.49. The highest BCUT2D eigenvalue weighted by Gasteiger charge is 2.31. The van der Waals surface area contributed by atoms with Crippen LogP contribution in [0.3, 0.4) is 0 Å². The van der Waals surface area contributed by atoms with Crippen molar-refractivity contribution in [2.45, 2.75) is 32.2 Å². The molecule has 4 heterocycles. The molecule has 0 bridgehead atoms. The molecule has 0 unspecified atom stereocenters. The highest BCUT2D eigenvalue weighted by molar-refractivity contribution is 6.08. The molecular weight excluding hydrogens is 486 g/mol. The van der Waals surface area contributed by atoms with E-state index in [1.165, 1.54) is 6.33 Å². The maximum Gasteiger partial charge on any atom is 0.322 e. The average molecular weight is 516 g/mol. The van der Waals surface area contributed by atoms with E-state index in [9.17, 15) is 14.7 Å². The van der Waals surface area contributed by atoms with Crippen molar-refractivity contribution in [3.63, 3.8) is 0 Å². The molecule has 1 saturated heterocycles. The highest BCUT2D eigenvalue weighted by Crippen LogP contribution is 2.35. The van der Waals surface area contributed by atoms with Crippen LogP contribution < -0.4 is 19.7 Å². The number of piperidine rings is 1. The van der Waals surface area contributed by atoms with E-state index in [1.807, 2.05) is 11.8 Å². The molecular formula is C28H29N5O5. The van der Waals surface area contributed by atoms with Gasteiger partial charge in [-0.3, -0.25) is 4.79 Å². The Morgan fingerprint density at radius 3 is 2.71 bits per heavy atom. The summed E-state index contributed by atoms with van der Waals surface area (Å²) in [5.74, 6) is 1.95. The quantitative estimate of drug-likeness (QED) is 0.400. The zero-order valence-corrected chi connectivity index (χ0v) is 21.1. The van der Waals surface area contributed by atoms with Crippen LogP contribution in [-0.2, 0) is 6.42 Å². The number of urea groups is 1. The number of aromatic hydroxyl groups is 1. The minimum Gasteiger partial charge on any atom is -0.508 e. The van der Waals surface area contributed by atoms with Gasteiger partial charge in [0, 0.05) is 43.0 Å². The Morgan fingerprint density at radius 2 is 1.87 bits per heavy atom. The minimum absolute atomic E-state index is 0.0952. The Hall–Kier alpha value is -4.34. The van der Waals surface area contributed by atoms with Crippen molar-refractivity contribution in [1.29, 1.82) is 0 Å². The van der Waals surface area contributed by atoms with E-state index in [1.54, 1.807) is 36.4 Å². The molecule has 3 aliphatic rings. The van der Waals surface area contributed by atoms with E-state index < -0.39 is 0 Å². The maximum atomic E-state index is 13.3. The van der Waals surface area contributed by atoms with Crippen LogP contribution in [0.25, 0.3) is 0 Å². The highest BCUT2D eigenvalue weighted by atomic mass is 16.6. The Labute approximate surface area is 220 Å². The fourth-order valence-corrected chi connectivity index (χ4v) is 5.45. The summed E-state index contributed by atoms with van der Waals surface area (Å²) in [6.07, 6.45) is 3.67. The number of anilines is 2. The summed E-state index contributed by atoms with van der Waals surface area (Å²) in [7, 11) is 0.